The molecule has 0 spiro atoms. The highest BCUT2D eigenvalue weighted by Crippen LogP contribution is 2.34. The van der Waals surface area contributed by atoms with Gasteiger partial charge >= 0.3 is 5.97 Å². The average Bonchev–Trinajstić information content (AvgIpc) is 2.55. The number of carbonyl (C=O) groups is 2. The van der Waals surface area contributed by atoms with Gasteiger partial charge in [-0.25, -0.2) is 0 Å². The molecule has 124 valence electrons. The highest BCUT2D eigenvalue weighted by atomic mass is 32.2. The first-order valence-electron chi connectivity index (χ1n) is 8.32. The van der Waals surface area contributed by atoms with Crippen LogP contribution in [0.3, 0.4) is 0 Å². The Bertz CT molecular complexity index is 589. The maximum Gasteiger partial charge on any atom is 0.305 e. The van der Waals surface area contributed by atoms with Gasteiger partial charge in [0.15, 0.2) is 0 Å². The predicted molar refractivity (Wildman–Crippen MR) is 91.8 cm³/mol. The average molecular weight is 333 g/mol. The molecule has 5 heteroatoms. The van der Waals surface area contributed by atoms with E-state index in [4.69, 9.17) is 5.11 Å². The lowest BCUT2D eigenvalue weighted by Gasteiger charge is -2.36. The zero-order valence-electron chi connectivity index (χ0n) is 13.2. The van der Waals surface area contributed by atoms with E-state index in [1.165, 1.54) is 11.1 Å². The quantitative estimate of drug-likeness (QED) is 0.920. The molecule has 1 aromatic carbocycles. The van der Waals surface area contributed by atoms with Crippen molar-refractivity contribution in [3.8, 4) is 0 Å². The van der Waals surface area contributed by atoms with Crippen molar-refractivity contribution < 1.29 is 14.7 Å². The SMILES string of the molecule is O=C(O)CC1CSCCN1C(=O)CC1CCCc2ccccc21. The molecule has 0 aromatic heterocycles. The van der Waals surface area contributed by atoms with Gasteiger partial charge < -0.3 is 10.0 Å². The first-order valence-corrected chi connectivity index (χ1v) is 9.47. The van der Waals surface area contributed by atoms with E-state index < -0.39 is 5.97 Å². The molecule has 1 aromatic rings. The Hall–Kier alpha value is -1.49. The standard InChI is InChI=1S/C18H23NO3S/c20-17(19-8-9-23-12-15(19)11-18(21)22)10-14-6-3-5-13-4-1-2-7-16(13)14/h1-2,4,7,14-15H,3,5-6,8-12H2,(H,21,22). The third-order valence-electron chi connectivity index (χ3n) is 4.87. The summed E-state index contributed by atoms with van der Waals surface area (Å²) in [5.41, 5.74) is 2.68. The van der Waals surface area contributed by atoms with Gasteiger partial charge in [-0.05, 0) is 36.3 Å². The van der Waals surface area contributed by atoms with Crippen LogP contribution in [0.1, 0.15) is 42.7 Å². The number of rotatable bonds is 4. The molecule has 23 heavy (non-hydrogen) atoms. The fourth-order valence-corrected chi connectivity index (χ4v) is 4.81. The molecular weight excluding hydrogens is 310 g/mol. The van der Waals surface area contributed by atoms with Crippen molar-refractivity contribution in [3.63, 3.8) is 0 Å². The summed E-state index contributed by atoms with van der Waals surface area (Å²) in [5.74, 6) is 1.23. The van der Waals surface area contributed by atoms with Gasteiger partial charge in [0.25, 0.3) is 0 Å². The Kier molecular flexibility index (Phi) is 5.26. The second-order valence-corrected chi connectivity index (χ2v) is 7.56. The monoisotopic (exact) mass is 333 g/mol. The van der Waals surface area contributed by atoms with Gasteiger partial charge in [-0.3, -0.25) is 9.59 Å². The number of aliphatic carboxylic acids is 1. The van der Waals surface area contributed by atoms with Crippen LogP contribution in [0.25, 0.3) is 0 Å². The molecule has 1 saturated heterocycles. The zero-order valence-corrected chi connectivity index (χ0v) is 14.1. The van der Waals surface area contributed by atoms with Crippen LogP contribution in [0.5, 0.6) is 0 Å². The second-order valence-electron chi connectivity index (χ2n) is 6.41. The summed E-state index contributed by atoms with van der Waals surface area (Å²) in [6, 6.07) is 8.27. The molecule has 1 heterocycles. The summed E-state index contributed by atoms with van der Waals surface area (Å²) in [7, 11) is 0. The van der Waals surface area contributed by atoms with E-state index in [2.05, 4.69) is 18.2 Å². The number of aryl methyl sites for hydroxylation is 1. The van der Waals surface area contributed by atoms with Crippen LogP contribution in [0.2, 0.25) is 0 Å². The van der Waals surface area contributed by atoms with Crippen molar-refractivity contribution >= 4 is 23.6 Å². The number of carboxylic acid groups (broad SMARTS) is 1. The zero-order chi connectivity index (χ0) is 16.2. The van der Waals surface area contributed by atoms with Gasteiger partial charge in [-0.2, -0.15) is 11.8 Å². The van der Waals surface area contributed by atoms with Crippen molar-refractivity contribution in [2.24, 2.45) is 0 Å². The van der Waals surface area contributed by atoms with Crippen LogP contribution in [-0.2, 0) is 16.0 Å². The maximum absolute atomic E-state index is 12.8. The van der Waals surface area contributed by atoms with Crippen molar-refractivity contribution in [2.75, 3.05) is 18.1 Å². The Balaban J connectivity index is 1.70. The molecule has 1 fully saturated rings. The van der Waals surface area contributed by atoms with E-state index in [9.17, 15) is 9.59 Å². The second kappa shape index (κ2) is 7.39. The molecule has 1 amide bonds. The van der Waals surface area contributed by atoms with Gasteiger partial charge in [0.2, 0.25) is 5.91 Å². The first-order chi connectivity index (χ1) is 11.1. The summed E-state index contributed by atoms with van der Waals surface area (Å²) in [6.07, 6.45) is 3.85. The smallest absolute Gasteiger partial charge is 0.305 e. The summed E-state index contributed by atoms with van der Waals surface area (Å²) in [6.45, 7) is 0.676. The highest BCUT2D eigenvalue weighted by molar-refractivity contribution is 7.99. The third-order valence-corrected chi connectivity index (χ3v) is 5.96. The molecule has 0 saturated carbocycles. The van der Waals surface area contributed by atoms with Crippen LogP contribution in [0.4, 0.5) is 0 Å². The number of hydrogen-bond acceptors (Lipinski definition) is 3. The van der Waals surface area contributed by atoms with E-state index >= 15 is 0 Å². The number of benzene rings is 1. The highest BCUT2D eigenvalue weighted by Gasteiger charge is 2.31. The maximum atomic E-state index is 12.8. The minimum absolute atomic E-state index is 0.0555. The fourth-order valence-electron chi connectivity index (χ4n) is 3.75. The van der Waals surface area contributed by atoms with Gasteiger partial charge in [0, 0.05) is 24.5 Å². The summed E-state index contributed by atoms with van der Waals surface area (Å²) < 4.78 is 0. The molecule has 1 aliphatic carbocycles. The number of amides is 1. The summed E-state index contributed by atoms with van der Waals surface area (Å²) >= 11 is 1.74. The largest absolute Gasteiger partial charge is 0.481 e. The topological polar surface area (TPSA) is 57.6 Å². The van der Waals surface area contributed by atoms with Crippen molar-refractivity contribution in [1.82, 2.24) is 4.90 Å². The Morgan fingerprint density at radius 2 is 2.09 bits per heavy atom. The lowest BCUT2D eigenvalue weighted by Crippen LogP contribution is -2.47. The summed E-state index contributed by atoms with van der Waals surface area (Å²) in [4.78, 5) is 25.7. The molecule has 2 unspecified atom stereocenters. The van der Waals surface area contributed by atoms with Crippen LogP contribution < -0.4 is 0 Å². The lowest BCUT2D eigenvalue weighted by atomic mass is 9.81. The molecule has 1 N–H and O–H groups in total. The van der Waals surface area contributed by atoms with Gasteiger partial charge in [0.05, 0.1) is 12.5 Å². The number of hydrogen-bond donors (Lipinski definition) is 1. The molecule has 3 rings (SSSR count). The predicted octanol–water partition coefficient (Wildman–Crippen LogP) is 2.92. The molecule has 2 atom stereocenters. The number of thioether (sulfide) groups is 1. The van der Waals surface area contributed by atoms with Crippen LogP contribution in [0, 0.1) is 0 Å². The Labute approximate surface area is 141 Å². The third kappa shape index (κ3) is 3.89. The normalized spacial score (nSPS) is 24.1. The first kappa shape index (κ1) is 16.4. The van der Waals surface area contributed by atoms with Crippen molar-refractivity contribution in [3.05, 3.63) is 35.4 Å². The van der Waals surface area contributed by atoms with Crippen molar-refractivity contribution in [2.45, 2.75) is 44.1 Å². The number of carbonyl (C=O) groups excluding carboxylic acids is 1. The lowest BCUT2D eigenvalue weighted by molar-refractivity contribution is -0.140. The minimum Gasteiger partial charge on any atom is -0.481 e. The van der Waals surface area contributed by atoms with E-state index in [-0.39, 0.29) is 24.3 Å². The minimum atomic E-state index is -0.821. The molecular formula is C18H23NO3S. The Morgan fingerprint density at radius 3 is 2.91 bits per heavy atom. The molecule has 4 nitrogen and oxygen atoms in total. The van der Waals surface area contributed by atoms with Crippen molar-refractivity contribution in [1.29, 1.82) is 0 Å². The summed E-state index contributed by atoms with van der Waals surface area (Å²) in [5, 5.41) is 9.07. The van der Waals surface area contributed by atoms with E-state index in [1.54, 1.807) is 11.8 Å². The van der Waals surface area contributed by atoms with E-state index in [0.29, 0.717) is 13.0 Å². The number of nitrogens with zero attached hydrogens (tertiary/aromatic N) is 1. The van der Waals surface area contributed by atoms with Gasteiger partial charge in [0.1, 0.15) is 0 Å². The van der Waals surface area contributed by atoms with Gasteiger partial charge in [-0.1, -0.05) is 24.3 Å². The fraction of sp³-hybridized carbons (Fsp3) is 0.556. The van der Waals surface area contributed by atoms with E-state index in [0.717, 1.165) is 30.8 Å². The van der Waals surface area contributed by atoms with Gasteiger partial charge in [-0.15, -0.1) is 0 Å². The van der Waals surface area contributed by atoms with Crippen LogP contribution in [-0.4, -0.2) is 46.0 Å². The molecule has 0 bridgehead atoms. The number of carboxylic acids is 1. The molecule has 0 radical (unpaired) electrons. The van der Waals surface area contributed by atoms with Crippen LogP contribution >= 0.6 is 11.8 Å². The van der Waals surface area contributed by atoms with E-state index in [1.807, 2.05) is 11.0 Å². The van der Waals surface area contributed by atoms with Crippen LogP contribution in [0.15, 0.2) is 24.3 Å². The molecule has 2 aliphatic rings. The Morgan fingerprint density at radius 1 is 1.26 bits per heavy atom. The molecule has 1 aliphatic heterocycles. The number of fused-ring (bicyclic) bond motifs is 1.